The lowest BCUT2D eigenvalue weighted by Gasteiger charge is -2.21. The second-order valence-corrected chi connectivity index (χ2v) is 5.90. The molecule has 0 fully saturated rings. The molecule has 1 aromatic heterocycles. The minimum atomic E-state index is -0.229. The van der Waals surface area contributed by atoms with E-state index < -0.39 is 0 Å². The third-order valence-corrected chi connectivity index (χ3v) is 3.98. The van der Waals surface area contributed by atoms with Crippen molar-refractivity contribution >= 4 is 23.2 Å². The average molecular weight is 364 g/mol. The van der Waals surface area contributed by atoms with Gasteiger partial charge in [0.1, 0.15) is 12.9 Å². The van der Waals surface area contributed by atoms with E-state index in [9.17, 15) is 9.59 Å². The minimum absolute atomic E-state index is 0.0270. The molecular weight excluding hydrogens is 344 g/mol. The fraction of sp³-hybridized carbons (Fsp3) is 0.211. The van der Waals surface area contributed by atoms with Crippen LogP contribution < -0.4 is 10.2 Å². The third kappa shape index (κ3) is 4.97. The van der Waals surface area contributed by atoms with Crippen molar-refractivity contribution in [3.8, 4) is 0 Å². The van der Waals surface area contributed by atoms with Crippen LogP contribution in [0.25, 0.3) is 0 Å². The standard InChI is InChI=1S/C19H20N6O2/c1-2-25(17-6-4-3-5-7-17)19(27)12-15-8-10-16(11-9-15)21-18(26)13-24-14-20-22-23-24/h3-11,14H,2,12-13H2,1H3,(H,21,26). The van der Waals surface area contributed by atoms with Crippen molar-refractivity contribution < 1.29 is 9.59 Å². The number of carbonyl (C=O) groups is 2. The van der Waals surface area contributed by atoms with E-state index in [0.717, 1.165) is 11.3 Å². The number of hydrogen-bond donors (Lipinski definition) is 1. The van der Waals surface area contributed by atoms with Gasteiger partial charge >= 0.3 is 0 Å². The molecule has 0 aliphatic carbocycles. The average Bonchev–Trinajstić information content (AvgIpc) is 3.18. The second kappa shape index (κ2) is 8.70. The molecule has 0 unspecified atom stereocenters. The predicted molar refractivity (Wildman–Crippen MR) is 101 cm³/mol. The maximum Gasteiger partial charge on any atom is 0.246 e. The zero-order chi connectivity index (χ0) is 19.1. The molecule has 2 amide bonds. The van der Waals surface area contributed by atoms with Crippen LogP contribution in [0.1, 0.15) is 12.5 Å². The Labute approximate surface area is 156 Å². The molecule has 0 atom stereocenters. The van der Waals surface area contributed by atoms with E-state index in [1.807, 2.05) is 49.4 Å². The van der Waals surface area contributed by atoms with Crippen molar-refractivity contribution in [3.05, 3.63) is 66.5 Å². The summed E-state index contributed by atoms with van der Waals surface area (Å²) in [5.41, 5.74) is 2.42. The number of benzene rings is 2. The monoisotopic (exact) mass is 364 g/mol. The highest BCUT2D eigenvalue weighted by Crippen LogP contribution is 2.16. The molecule has 0 saturated heterocycles. The maximum absolute atomic E-state index is 12.6. The normalized spacial score (nSPS) is 10.4. The second-order valence-electron chi connectivity index (χ2n) is 5.90. The first-order chi connectivity index (χ1) is 13.2. The Hall–Kier alpha value is -3.55. The summed E-state index contributed by atoms with van der Waals surface area (Å²) in [5, 5.41) is 13.4. The highest BCUT2D eigenvalue weighted by molar-refractivity contribution is 5.95. The van der Waals surface area contributed by atoms with E-state index >= 15 is 0 Å². The number of nitrogens with zero attached hydrogens (tertiary/aromatic N) is 5. The van der Waals surface area contributed by atoms with Gasteiger partial charge in [-0.3, -0.25) is 9.59 Å². The minimum Gasteiger partial charge on any atom is -0.324 e. The zero-order valence-corrected chi connectivity index (χ0v) is 14.9. The Bertz CT molecular complexity index is 878. The number of aromatic nitrogens is 4. The van der Waals surface area contributed by atoms with Crippen molar-refractivity contribution in [1.82, 2.24) is 20.2 Å². The summed E-state index contributed by atoms with van der Waals surface area (Å²) < 4.78 is 1.34. The van der Waals surface area contributed by atoms with Gasteiger partial charge in [0.05, 0.1) is 6.42 Å². The molecule has 27 heavy (non-hydrogen) atoms. The summed E-state index contributed by atoms with van der Waals surface area (Å²) in [4.78, 5) is 26.3. The van der Waals surface area contributed by atoms with Crippen LogP contribution in [-0.2, 0) is 22.6 Å². The molecular formula is C19H20N6O2. The van der Waals surface area contributed by atoms with E-state index in [4.69, 9.17) is 0 Å². The molecule has 138 valence electrons. The number of amides is 2. The van der Waals surface area contributed by atoms with Crippen LogP contribution in [0.15, 0.2) is 60.9 Å². The van der Waals surface area contributed by atoms with E-state index in [-0.39, 0.29) is 18.4 Å². The molecule has 8 heteroatoms. The molecule has 2 aromatic carbocycles. The Morgan fingerprint density at radius 2 is 1.81 bits per heavy atom. The van der Waals surface area contributed by atoms with Gasteiger partial charge < -0.3 is 10.2 Å². The van der Waals surface area contributed by atoms with Gasteiger partial charge in [0.15, 0.2) is 0 Å². The maximum atomic E-state index is 12.6. The Morgan fingerprint density at radius 1 is 1.07 bits per heavy atom. The third-order valence-electron chi connectivity index (χ3n) is 3.98. The van der Waals surface area contributed by atoms with Crippen LogP contribution in [0.5, 0.6) is 0 Å². The van der Waals surface area contributed by atoms with Crippen LogP contribution in [0.2, 0.25) is 0 Å². The zero-order valence-electron chi connectivity index (χ0n) is 14.9. The number of anilines is 2. The van der Waals surface area contributed by atoms with Gasteiger partial charge in [-0.15, -0.1) is 5.10 Å². The molecule has 0 bridgehead atoms. The largest absolute Gasteiger partial charge is 0.324 e. The first-order valence-electron chi connectivity index (χ1n) is 8.60. The molecule has 0 aliphatic heterocycles. The number of likely N-dealkylation sites (N-methyl/N-ethyl adjacent to an activating group) is 1. The molecule has 1 N–H and O–H groups in total. The smallest absolute Gasteiger partial charge is 0.246 e. The number of tetrazole rings is 1. The van der Waals surface area contributed by atoms with Gasteiger partial charge in [-0.05, 0) is 47.2 Å². The number of nitrogens with one attached hydrogen (secondary N) is 1. The van der Waals surface area contributed by atoms with E-state index in [2.05, 4.69) is 20.8 Å². The number of carbonyl (C=O) groups excluding carboxylic acids is 2. The predicted octanol–water partition coefficient (Wildman–Crippen LogP) is 1.91. The Balaban J connectivity index is 1.58. The summed E-state index contributed by atoms with van der Waals surface area (Å²) in [5.74, 6) is -0.202. The lowest BCUT2D eigenvalue weighted by Crippen LogP contribution is -2.31. The number of rotatable bonds is 7. The molecule has 0 spiro atoms. The first kappa shape index (κ1) is 18.2. The molecule has 0 aliphatic rings. The quantitative estimate of drug-likeness (QED) is 0.691. The van der Waals surface area contributed by atoms with Crippen molar-refractivity contribution in [2.24, 2.45) is 0 Å². The lowest BCUT2D eigenvalue weighted by molar-refractivity contribution is -0.118. The van der Waals surface area contributed by atoms with E-state index in [0.29, 0.717) is 18.7 Å². The van der Waals surface area contributed by atoms with Crippen molar-refractivity contribution in [2.45, 2.75) is 19.9 Å². The number of hydrogen-bond acceptors (Lipinski definition) is 5. The first-order valence-corrected chi connectivity index (χ1v) is 8.60. The highest BCUT2D eigenvalue weighted by Gasteiger charge is 2.14. The van der Waals surface area contributed by atoms with Crippen LogP contribution in [0, 0.1) is 0 Å². The van der Waals surface area contributed by atoms with Crippen LogP contribution in [0.4, 0.5) is 11.4 Å². The van der Waals surface area contributed by atoms with Gasteiger partial charge in [0, 0.05) is 17.9 Å². The van der Waals surface area contributed by atoms with Gasteiger partial charge in [-0.2, -0.15) is 0 Å². The van der Waals surface area contributed by atoms with Gasteiger partial charge in [0.25, 0.3) is 0 Å². The van der Waals surface area contributed by atoms with Crippen molar-refractivity contribution in [1.29, 1.82) is 0 Å². The van der Waals surface area contributed by atoms with Gasteiger partial charge in [-0.1, -0.05) is 30.3 Å². The molecule has 0 saturated carbocycles. The van der Waals surface area contributed by atoms with Crippen LogP contribution in [0.3, 0.4) is 0 Å². The van der Waals surface area contributed by atoms with Gasteiger partial charge in [-0.25, -0.2) is 4.68 Å². The Kier molecular flexibility index (Phi) is 5.88. The highest BCUT2D eigenvalue weighted by atomic mass is 16.2. The molecule has 3 aromatic rings. The molecule has 1 heterocycles. The summed E-state index contributed by atoms with van der Waals surface area (Å²) in [6.07, 6.45) is 1.67. The topological polar surface area (TPSA) is 93.0 Å². The number of para-hydroxylation sites is 1. The summed E-state index contributed by atoms with van der Waals surface area (Å²) in [7, 11) is 0. The van der Waals surface area contributed by atoms with Crippen LogP contribution in [-0.4, -0.2) is 38.6 Å². The van der Waals surface area contributed by atoms with E-state index in [1.165, 1.54) is 11.0 Å². The molecule has 3 rings (SSSR count). The fourth-order valence-corrected chi connectivity index (χ4v) is 2.69. The molecule has 8 nitrogen and oxygen atoms in total. The van der Waals surface area contributed by atoms with Gasteiger partial charge in [0.2, 0.25) is 11.8 Å². The SMILES string of the molecule is CCN(C(=O)Cc1ccc(NC(=O)Cn2cnnn2)cc1)c1ccccc1. The summed E-state index contributed by atoms with van der Waals surface area (Å²) in [6, 6.07) is 16.8. The fourth-order valence-electron chi connectivity index (χ4n) is 2.69. The summed E-state index contributed by atoms with van der Waals surface area (Å²) in [6.45, 7) is 2.60. The Morgan fingerprint density at radius 3 is 2.44 bits per heavy atom. The van der Waals surface area contributed by atoms with E-state index in [1.54, 1.807) is 17.0 Å². The molecule has 0 radical (unpaired) electrons. The summed E-state index contributed by atoms with van der Waals surface area (Å²) >= 11 is 0. The van der Waals surface area contributed by atoms with Crippen molar-refractivity contribution in [3.63, 3.8) is 0 Å². The van der Waals surface area contributed by atoms with Crippen molar-refractivity contribution in [2.75, 3.05) is 16.8 Å². The van der Waals surface area contributed by atoms with Crippen LogP contribution >= 0.6 is 0 Å². The lowest BCUT2D eigenvalue weighted by atomic mass is 10.1.